The van der Waals surface area contributed by atoms with Gasteiger partial charge in [0.25, 0.3) is 0 Å². The predicted molar refractivity (Wildman–Crippen MR) is 92.8 cm³/mol. The van der Waals surface area contributed by atoms with Crippen LogP contribution in [0.5, 0.6) is 11.5 Å². The fourth-order valence-electron chi connectivity index (χ4n) is 2.64. The van der Waals surface area contributed by atoms with Gasteiger partial charge >= 0.3 is 0 Å². The van der Waals surface area contributed by atoms with Crippen molar-refractivity contribution in [2.45, 2.75) is 13.5 Å². The van der Waals surface area contributed by atoms with Gasteiger partial charge in [-0.3, -0.25) is 0 Å². The number of hydrogen-bond donors (Lipinski definition) is 2. The van der Waals surface area contributed by atoms with Crippen molar-refractivity contribution in [3.8, 4) is 33.1 Å². The van der Waals surface area contributed by atoms with Gasteiger partial charge in [0.2, 0.25) is 0 Å². The summed E-state index contributed by atoms with van der Waals surface area (Å²) in [6.45, 7) is 2.12. The molecule has 0 radical (unpaired) electrons. The van der Waals surface area contributed by atoms with Crippen molar-refractivity contribution in [2.75, 3.05) is 0 Å². The van der Waals surface area contributed by atoms with Crippen LogP contribution in [0.15, 0.2) is 53.7 Å². The predicted octanol–water partition coefficient (Wildman–Crippen LogP) is 5.07. The minimum atomic E-state index is 0.111. The number of aromatic hydroxyl groups is 2. The van der Waals surface area contributed by atoms with Crippen molar-refractivity contribution < 1.29 is 10.2 Å². The van der Waals surface area contributed by atoms with Gasteiger partial charge in [0.1, 0.15) is 18.0 Å². The van der Waals surface area contributed by atoms with E-state index in [9.17, 15) is 15.1 Å². The highest BCUT2D eigenvalue weighted by atomic mass is 32.1. The summed E-state index contributed by atoms with van der Waals surface area (Å²) in [7, 11) is 0. The van der Waals surface area contributed by atoms with Crippen molar-refractivity contribution in [2.24, 2.45) is 5.18 Å². The molecular weight excluding hydrogens is 310 g/mol. The van der Waals surface area contributed by atoms with Crippen molar-refractivity contribution in [3.05, 3.63) is 63.9 Å². The van der Waals surface area contributed by atoms with Crippen LogP contribution < -0.4 is 0 Å². The largest absolute Gasteiger partial charge is 0.508 e. The minimum Gasteiger partial charge on any atom is -0.508 e. The van der Waals surface area contributed by atoms with E-state index >= 15 is 0 Å². The molecule has 1 aromatic heterocycles. The normalized spacial score (nSPS) is 10.7. The van der Waals surface area contributed by atoms with Crippen LogP contribution in [0.1, 0.15) is 10.4 Å². The Bertz CT molecular complexity index is 836. The highest BCUT2D eigenvalue weighted by Crippen LogP contribution is 2.42. The van der Waals surface area contributed by atoms with E-state index in [0.29, 0.717) is 0 Å². The number of nitroso groups, excluding NO2 is 1. The first-order chi connectivity index (χ1) is 11.1. The van der Waals surface area contributed by atoms with Crippen LogP contribution in [-0.4, -0.2) is 10.2 Å². The summed E-state index contributed by atoms with van der Waals surface area (Å²) in [6.07, 6.45) is 0. The smallest absolute Gasteiger partial charge is 0.116 e. The summed E-state index contributed by atoms with van der Waals surface area (Å²) in [5.74, 6) is 0.423. The number of thiophene rings is 1. The molecule has 5 heteroatoms. The van der Waals surface area contributed by atoms with Crippen LogP contribution in [-0.2, 0) is 6.54 Å². The van der Waals surface area contributed by atoms with Gasteiger partial charge in [0.15, 0.2) is 0 Å². The highest BCUT2D eigenvalue weighted by molar-refractivity contribution is 7.16. The van der Waals surface area contributed by atoms with Crippen LogP contribution in [0.2, 0.25) is 0 Å². The van der Waals surface area contributed by atoms with Crippen molar-refractivity contribution in [1.82, 2.24) is 0 Å². The standard InChI is InChI=1S/C18H15NO3S/c1-11-17(12-2-6-14(20)7-3-12)16(10-19-22)23-18(11)13-4-8-15(21)9-5-13/h2-9,20-21H,10H2,1H3. The Morgan fingerprint density at radius 3 is 1.96 bits per heavy atom. The Labute approximate surface area is 137 Å². The second kappa shape index (κ2) is 6.22. The third kappa shape index (κ3) is 2.96. The Balaban J connectivity index is 2.16. The van der Waals surface area contributed by atoms with Crippen molar-refractivity contribution >= 4 is 11.3 Å². The van der Waals surface area contributed by atoms with Gasteiger partial charge in [0, 0.05) is 15.3 Å². The quantitative estimate of drug-likeness (QED) is 0.658. The van der Waals surface area contributed by atoms with Crippen molar-refractivity contribution in [1.29, 1.82) is 0 Å². The molecule has 0 bridgehead atoms. The zero-order valence-corrected chi connectivity index (χ0v) is 13.3. The Morgan fingerprint density at radius 1 is 0.913 bits per heavy atom. The molecule has 0 amide bonds. The molecule has 3 aromatic rings. The molecule has 0 unspecified atom stereocenters. The number of rotatable bonds is 4. The van der Waals surface area contributed by atoms with Gasteiger partial charge in [0.05, 0.1) is 0 Å². The fraction of sp³-hybridized carbons (Fsp3) is 0.111. The monoisotopic (exact) mass is 325 g/mol. The number of phenols is 2. The van der Waals surface area contributed by atoms with Gasteiger partial charge in [-0.25, -0.2) is 0 Å². The Hall–Kier alpha value is -2.66. The number of hydrogen-bond acceptors (Lipinski definition) is 5. The summed E-state index contributed by atoms with van der Waals surface area (Å²) < 4.78 is 0. The van der Waals surface area contributed by atoms with E-state index in [4.69, 9.17) is 0 Å². The van der Waals surface area contributed by atoms with Gasteiger partial charge in [-0.05, 0) is 60.0 Å². The SMILES string of the molecule is Cc1c(-c2ccc(O)cc2)sc(CN=O)c1-c1ccc(O)cc1. The highest BCUT2D eigenvalue weighted by Gasteiger charge is 2.18. The molecule has 2 N–H and O–H groups in total. The van der Waals surface area contributed by atoms with E-state index in [2.05, 4.69) is 5.18 Å². The molecule has 0 atom stereocenters. The first-order valence-corrected chi connectivity index (χ1v) is 7.92. The van der Waals surface area contributed by atoms with E-state index in [1.807, 2.05) is 31.2 Å². The lowest BCUT2D eigenvalue weighted by molar-refractivity contribution is 0.475. The summed E-state index contributed by atoms with van der Waals surface area (Å²) in [4.78, 5) is 12.7. The summed E-state index contributed by atoms with van der Waals surface area (Å²) in [5.41, 5.74) is 3.98. The molecule has 0 saturated carbocycles. The fourth-order valence-corrected chi connectivity index (χ4v) is 3.88. The number of nitrogens with zero attached hydrogens (tertiary/aromatic N) is 1. The average Bonchev–Trinajstić information content (AvgIpc) is 2.86. The Kier molecular flexibility index (Phi) is 4.12. The maximum atomic E-state index is 10.8. The molecule has 0 spiro atoms. The van der Waals surface area contributed by atoms with E-state index < -0.39 is 0 Å². The van der Waals surface area contributed by atoms with Gasteiger partial charge in [-0.2, -0.15) is 4.91 Å². The molecule has 2 aromatic carbocycles. The summed E-state index contributed by atoms with van der Waals surface area (Å²) in [5, 5.41) is 22.0. The molecule has 0 saturated heterocycles. The van der Waals surface area contributed by atoms with Gasteiger partial charge in [-0.15, -0.1) is 11.3 Å². The van der Waals surface area contributed by atoms with Crippen LogP contribution in [0.4, 0.5) is 0 Å². The molecule has 1 heterocycles. The molecule has 0 aliphatic carbocycles. The van der Waals surface area contributed by atoms with Gasteiger partial charge in [-0.1, -0.05) is 17.3 Å². The molecule has 3 rings (SSSR count). The first kappa shape index (κ1) is 15.2. The zero-order valence-electron chi connectivity index (χ0n) is 12.5. The van der Waals surface area contributed by atoms with E-state index in [0.717, 1.165) is 32.0 Å². The van der Waals surface area contributed by atoms with Crippen LogP contribution >= 0.6 is 11.3 Å². The van der Waals surface area contributed by atoms with E-state index in [1.165, 1.54) is 11.3 Å². The second-order valence-corrected chi connectivity index (χ2v) is 6.34. The summed E-state index contributed by atoms with van der Waals surface area (Å²) in [6, 6.07) is 13.9. The molecule has 0 fully saturated rings. The van der Waals surface area contributed by atoms with Crippen LogP contribution in [0.3, 0.4) is 0 Å². The van der Waals surface area contributed by atoms with E-state index in [1.54, 1.807) is 24.3 Å². The number of benzene rings is 2. The molecule has 0 aliphatic heterocycles. The molecular formula is C18H15NO3S. The first-order valence-electron chi connectivity index (χ1n) is 7.10. The minimum absolute atomic E-state index is 0.111. The molecule has 23 heavy (non-hydrogen) atoms. The van der Waals surface area contributed by atoms with Crippen molar-refractivity contribution in [3.63, 3.8) is 0 Å². The van der Waals surface area contributed by atoms with E-state index in [-0.39, 0.29) is 18.0 Å². The summed E-state index contributed by atoms with van der Waals surface area (Å²) >= 11 is 1.53. The Morgan fingerprint density at radius 2 is 1.43 bits per heavy atom. The lowest BCUT2D eigenvalue weighted by Gasteiger charge is -2.05. The van der Waals surface area contributed by atoms with Crippen LogP contribution in [0.25, 0.3) is 21.6 Å². The third-order valence-electron chi connectivity index (χ3n) is 3.71. The zero-order chi connectivity index (χ0) is 16.4. The topological polar surface area (TPSA) is 69.9 Å². The molecule has 0 aliphatic rings. The second-order valence-electron chi connectivity index (χ2n) is 5.24. The number of phenolic OH excluding ortho intramolecular Hbond substituents is 2. The lowest BCUT2D eigenvalue weighted by Crippen LogP contribution is -1.84. The van der Waals surface area contributed by atoms with Crippen LogP contribution in [0, 0.1) is 11.8 Å². The molecule has 4 nitrogen and oxygen atoms in total. The lowest BCUT2D eigenvalue weighted by atomic mass is 9.99. The maximum absolute atomic E-state index is 10.8. The molecule has 116 valence electrons. The average molecular weight is 325 g/mol. The van der Waals surface area contributed by atoms with Gasteiger partial charge < -0.3 is 10.2 Å². The maximum Gasteiger partial charge on any atom is 0.116 e. The third-order valence-corrected chi connectivity index (χ3v) is 5.04.